The number of carbonyl (C=O) groups excluding carboxylic acids is 1. The summed E-state index contributed by atoms with van der Waals surface area (Å²) in [5, 5.41) is 0. The third-order valence-electron chi connectivity index (χ3n) is 3.90. The predicted octanol–water partition coefficient (Wildman–Crippen LogP) is 1.15. The monoisotopic (exact) mass is 248 g/mol. The zero-order valence-electron chi connectivity index (χ0n) is 10.9. The largest absolute Gasteiger partial charge is 0.468 e. The van der Waals surface area contributed by atoms with Crippen LogP contribution in [0.25, 0.3) is 0 Å². The summed E-state index contributed by atoms with van der Waals surface area (Å²) >= 11 is 0. The SMILES string of the molecule is COC(=O)C1(N)CCN(Cc2ccccc2)C1C. The van der Waals surface area contributed by atoms with E-state index in [1.165, 1.54) is 12.7 Å². The van der Waals surface area contributed by atoms with Crippen molar-refractivity contribution in [3.8, 4) is 0 Å². The first kappa shape index (κ1) is 13.1. The van der Waals surface area contributed by atoms with Gasteiger partial charge in [0.15, 0.2) is 0 Å². The van der Waals surface area contributed by atoms with Gasteiger partial charge in [-0.15, -0.1) is 0 Å². The summed E-state index contributed by atoms with van der Waals surface area (Å²) in [5.41, 5.74) is 6.55. The quantitative estimate of drug-likeness (QED) is 0.815. The standard InChI is InChI=1S/C14H20N2O2/c1-11-14(15,13(17)18-2)8-9-16(11)10-12-6-4-3-5-7-12/h3-7,11H,8-10,15H2,1-2H3. The molecule has 98 valence electrons. The van der Waals surface area contributed by atoms with E-state index in [1.807, 2.05) is 25.1 Å². The second-order valence-electron chi connectivity index (χ2n) is 4.91. The average molecular weight is 248 g/mol. The summed E-state index contributed by atoms with van der Waals surface area (Å²) in [4.78, 5) is 14.0. The maximum absolute atomic E-state index is 11.8. The van der Waals surface area contributed by atoms with Gasteiger partial charge < -0.3 is 10.5 Å². The first-order valence-corrected chi connectivity index (χ1v) is 6.23. The molecule has 1 aromatic rings. The summed E-state index contributed by atoms with van der Waals surface area (Å²) in [7, 11) is 1.39. The summed E-state index contributed by atoms with van der Waals surface area (Å²) in [6.07, 6.45) is 0.647. The highest BCUT2D eigenvalue weighted by atomic mass is 16.5. The average Bonchev–Trinajstić information content (AvgIpc) is 2.69. The highest BCUT2D eigenvalue weighted by molar-refractivity contribution is 5.82. The van der Waals surface area contributed by atoms with Gasteiger partial charge in [0.25, 0.3) is 0 Å². The van der Waals surface area contributed by atoms with Gasteiger partial charge >= 0.3 is 5.97 Å². The Kier molecular flexibility index (Phi) is 3.68. The van der Waals surface area contributed by atoms with E-state index in [0.29, 0.717) is 6.42 Å². The lowest BCUT2D eigenvalue weighted by atomic mass is 9.93. The number of nitrogens with two attached hydrogens (primary N) is 1. The van der Waals surface area contributed by atoms with Crippen LogP contribution in [-0.2, 0) is 16.1 Å². The molecule has 0 spiro atoms. The molecule has 18 heavy (non-hydrogen) atoms. The molecule has 0 saturated carbocycles. The Labute approximate surface area is 108 Å². The lowest BCUT2D eigenvalue weighted by Gasteiger charge is -2.30. The molecule has 2 unspecified atom stereocenters. The van der Waals surface area contributed by atoms with Crippen LogP contribution in [0.5, 0.6) is 0 Å². The van der Waals surface area contributed by atoms with Crippen LogP contribution in [0.2, 0.25) is 0 Å². The normalized spacial score (nSPS) is 28.3. The highest BCUT2D eigenvalue weighted by Crippen LogP contribution is 2.28. The lowest BCUT2D eigenvalue weighted by Crippen LogP contribution is -2.56. The Morgan fingerprint density at radius 2 is 2.17 bits per heavy atom. The Hall–Kier alpha value is -1.39. The van der Waals surface area contributed by atoms with Crippen molar-refractivity contribution < 1.29 is 9.53 Å². The van der Waals surface area contributed by atoms with Gasteiger partial charge in [-0.1, -0.05) is 30.3 Å². The number of esters is 1. The van der Waals surface area contributed by atoms with Crippen molar-refractivity contribution in [2.24, 2.45) is 5.73 Å². The van der Waals surface area contributed by atoms with Gasteiger partial charge in [0.1, 0.15) is 5.54 Å². The zero-order valence-corrected chi connectivity index (χ0v) is 10.9. The van der Waals surface area contributed by atoms with Crippen LogP contribution in [0.4, 0.5) is 0 Å². The molecule has 4 nitrogen and oxygen atoms in total. The predicted molar refractivity (Wildman–Crippen MR) is 69.9 cm³/mol. The fourth-order valence-electron chi connectivity index (χ4n) is 2.55. The van der Waals surface area contributed by atoms with Crippen molar-refractivity contribution in [2.45, 2.75) is 31.5 Å². The molecule has 1 aromatic carbocycles. The van der Waals surface area contributed by atoms with Crippen LogP contribution in [0.1, 0.15) is 18.9 Å². The van der Waals surface area contributed by atoms with Crippen LogP contribution >= 0.6 is 0 Å². The molecule has 4 heteroatoms. The van der Waals surface area contributed by atoms with Crippen LogP contribution in [-0.4, -0.2) is 36.1 Å². The van der Waals surface area contributed by atoms with Gasteiger partial charge in [0.2, 0.25) is 0 Å². The molecule has 2 rings (SSSR count). The van der Waals surface area contributed by atoms with Crippen molar-refractivity contribution >= 4 is 5.97 Å². The van der Waals surface area contributed by atoms with E-state index < -0.39 is 5.54 Å². The maximum atomic E-state index is 11.8. The van der Waals surface area contributed by atoms with E-state index in [9.17, 15) is 4.79 Å². The summed E-state index contributed by atoms with van der Waals surface area (Å²) < 4.78 is 4.82. The van der Waals surface area contributed by atoms with Gasteiger partial charge in [0.05, 0.1) is 7.11 Å². The number of rotatable bonds is 3. The molecule has 0 amide bonds. The number of hydrogen-bond acceptors (Lipinski definition) is 4. The topological polar surface area (TPSA) is 55.6 Å². The third kappa shape index (κ3) is 2.26. The number of likely N-dealkylation sites (tertiary alicyclic amines) is 1. The molecule has 0 aliphatic carbocycles. The van der Waals surface area contributed by atoms with E-state index >= 15 is 0 Å². The highest BCUT2D eigenvalue weighted by Gasteiger charge is 2.48. The number of carbonyl (C=O) groups is 1. The van der Waals surface area contributed by atoms with Crippen molar-refractivity contribution in [3.63, 3.8) is 0 Å². The Morgan fingerprint density at radius 3 is 2.78 bits per heavy atom. The minimum atomic E-state index is -0.871. The molecule has 2 atom stereocenters. The lowest BCUT2D eigenvalue weighted by molar-refractivity contribution is -0.147. The Balaban J connectivity index is 2.08. The van der Waals surface area contributed by atoms with E-state index in [1.54, 1.807) is 0 Å². The number of ether oxygens (including phenoxy) is 1. The number of benzene rings is 1. The van der Waals surface area contributed by atoms with Gasteiger partial charge in [-0.2, -0.15) is 0 Å². The molecule has 2 N–H and O–H groups in total. The molecule has 1 saturated heterocycles. The molecule has 0 aromatic heterocycles. The van der Waals surface area contributed by atoms with Gasteiger partial charge in [-0.05, 0) is 18.9 Å². The van der Waals surface area contributed by atoms with Crippen LogP contribution in [0.3, 0.4) is 0 Å². The Bertz CT molecular complexity index is 421. The van der Waals surface area contributed by atoms with Gasteiger partial charge in [-0.3, -0.25) is 9.69 Å². The second-order valence-corrected chi connectivity index (χ2v) is 4.91. The number of nitrogens with zero attached hydrogens (tertiary/aromatic N) is 1. The van der Waals surface area contributed by atoms with Gasteiger partial charge in [-0.25, -0.2) is 0 Å². The van der Waals surface area contributed by atoms with E-state index in [0.717, 1.165) is 13.1 Å². The minimum absolute atomic E-state index is 0.00911. The third-order valence-corrected chi connectivity index (χ3v) is 3.90. The van der Waals surface area contributed by atoms with E-state index in [-0.39, 0.29) is 12.0 Å². The molecule has 1 aliphatic heterocycles. The van der Waals surface area contributed by atoms with Crippen molar-refractivity contribution in [3.05, 3.63) is 35.9 Å². The number of hydrogen-bond donors (Lipinski definition) is 1. The Morgan fingerprint density at radius 1 is 1.50 bits per heavy atom. The van der Waals surface area contributed by atoms with Crippen LogP contribution < -0.4 is 5.73 Å². The van der Waals surface area contributed by atoms with Crippen LogP contribution in [0, 0.1) is 0 Å². The first-order chi connectivity index (χ1) is 8.58. The zero-order chi connectivity index (χ0) is 13.2. The van der Waals surface area contributed by atoms with Gasteiger partial charge in [0, 0.05) is 19.1 Å². The molecule has 1 aliphatic rings. The molecule has 1 heterocycles. The van der Waals surface area contributed by atoms with E-state index in [4.69, 9.17) is 10.5 Å². The molecule has 0 bridgehead atoms. The first-order valence-electron chi connectivity index (χ1n) is 6.23. The summed E-state index contributed by atoms with van der Waals surface area (Å²) in [5.74, 6) is -0.314. The fraction of sp³-hybridized carbons (Fsp3) is 0.500. The molecule has 0 radical (unpaired) electrons. The van der Waals surface area contributed by atoms with Crippen molar-refractivity contribution in [2.75, 3.05) is 13.7 Å². The molecular weight excluding hydrogens is 228 g/mol. The fourth-order valence-corrected chi connectivity index (χ4v) is 2.55. The molecular formula is C14H20N2O2. The summed E-state index contributed by atoms with van der Waals surface area (Å²) in [6, 6.07) is 10.2. The number of methoxy groups -OCH3 is 1. The maximum Gasteiger partial charge on any atom is 0.327 e. The van der Waals surface area contributed by atoms with Crippen LogP contribution in [0.15, 0.2) is 30.3 Å². The van der Waals surface area contributed by atoms with Crippen molar-refractivity contribution in [1.82, 2.24) is 4.90 Å². The van der Waals surface area contributed by atoms with Crippen molar-refractivity contribution in [1.29, 1.82) is 0 Å². The molecule has 1 fully saturated rings. The summed E-state index contributed by atoms with van der Waals surface area (Å²) in [6.45, 7) is 3.63. The second kappa shape index (κ2) is 5.08. The minimum Gasteiger partial charge on any atom is -0.468 e. The smallest absolute Gasteiger partial charge is 0.327 e. The van der Waals surface area contributed by atoms with E-state index in [2.05, 4.69) is 17.0 Å².